The minimum atomic E-state index is -0.837. The molecule has 0 fully saturated rings. The minimum Gasteiger partial charge on any atom is -0.494 e. The highest BCUT2D eigenvalue weighted by atomic mass is 19.1. The Hall–Kier alpha value is -1.58. The van der Waals surface area contributed by atoms with Gasteiger partial charge in [-0.25, -0.2) is 4.39 Å². The van der Waals surface area contributed by atoms with Crippen LogP contribution in [0.2, 0.25) is 0 Å². The Morgan fingerprint density at radius 1 is 1.39 bits per heavy atom. The monoisotopic (exact) mass is 254 g/mol. The molecule has 0 aromatic heterocycles. The number of carboxylic acid groups (broad SMARTS) is 1. The molecule has 0 aliphatic heterocycles. The highest BCUT2D eigenvalue weighted by Crippen LogP contribution is 2.25. The lowest BCUT2D eigenvalue weighted by molar-refractivity contribution is -0.141. The molecular formula is C14H19FO3. The Kier molecular flexibility index (Phi) is 5.13. The maximum atomic E-state index is 13.6. The summed E-state index contributed by atoms with van der Waals surface area (Å²) in [5.74, 6) is -1.54. The van der Waals surface area contributed by atoms with Crippen molar-refractivity contribution in [1.29, 1.82) is 0 Å². The van der Waals surface area contributed by atoms with Crippen LogP contribution in [-0.2, 0) is 17.6 Å². The third-order valence-electron chi connectivity index (χ3n) is 3.16. The average Bonchev–Trinajstić information content (AvgIpc) is 2.35. The first-order valence-electron chi connectivity index (χ1n) is 6.11. The zero-order valence-corrected chi connectivity index (χ0v) is 11.0. The summed E-state index contributed by atoms with van der Waals surface area (Å²) in [6.07, 6.45) is 1.62. The van der Waals surface area contributed by atoms with Crippen molar-refractivity contribution in [3.63, 3.8) is 0 Å². The van der Waals surface area contributed by atoms with E-state index < -0.39 is 17.7 Å². The normalized spacial score (nSPS) is 12.2. The SMILES string of the molecule is CCc1cc(OC)c(F)cc1CC(CC)C(=O)O. The summed E-state index contributed by atoms with van der Waals surface area (Å²) < 4.78 is 18.6. The van der Waals surface area contributed by atoms with Gasteiger partial charge in [-0.3, -0.25) is 4.79 Å². The van der Waals surface area contributed by atoms with E-state index in [1.807, 2.05) is 13.8 Å². The molecule has 1 rings (SSSR count). The second-order valence-electron chi connectivity index (χ2n) is 4.26. The molecule has 1 aromatic carbocycles. The molecule has 0 radical (unpaired) electrons. The van der Waals surface area contributed by atoms with E-state index in [9.17, 15) is 9.18 Å². The lowest BCUT2D eigenvalue weighted by Crippen LogP contribution is -2.16. The molecular weight excluding hydrogens is 235 g/mol. The van der Waals surface area contributed by atoms with Crippen molar-refractivity contribution in [1.82, 2.24) is 0 Å². The summed E-state index contributed by atoms with van der Waals surface area (Å²) in [4.78, 5) is 11.0. The predicted octanol–water partition coefficient (Wildman–Crippen LogP) is 3.05. The summed E-state index contributed by atoms with van der Waals surface area (Å²) in [5, 5.41) is 9.05. The van der Waals surface area contributed by atoms with Crippen LogP contribution in [0.4, 0.5) is 4.39 Å². The van der Waals surface area contributed by atoms with Gasteiger partial charge < -0.3 is 9.84 Å². The maximum absolute atomic E-state index is 13.6. The molecule has 0 aliphatic carbocycles. The van der Waals surface area contributed by atoms with E-state index in [1.165, 1.54) is 13.2 Å². The fraction of sp³-hybridized carbons (Fsp3) is 0.500. The quantitative estimate of drug-likeness (QED) is 0.848. The Morgan fingerprint density at radius 3 is 2.50 bits per heavy atom. The van der Waals surface area contributed by atoms with Gasteiger partial charge in [0, 0.05) is 0 Å². The molecule has 100 valence electrons. The molecule has 0 saturated heterocycles. The highest BCUT2D eigenvalue weighted by molar-refractivity contribution is 5.70. The lowest BCUT2D eigenvalue weighted by Gasteiger charge is -2.14. The summed E-state index contributed by atoms with van der Waals surface area (Å²) in [6.45, 7) is 3.78. The third kappa shape index (κ3) is 3.22. The van der Waals surface area contributed by atoms with Crippen molar-refractivity contribution in [2.45, 2.75) is 33.1 Å². The number of benzene rings is 1. The number of halogens is 1. The average molecular weight is 254 g/mol. The van der Waals surface area contributed by atoms with Crippen LogP contribution in [-0.4, -0.2) is 18.2 Å². The summed E-state index contributed by atoms with van der Waals surface area (Å²) in [6, 6.07) is 3.04. The van der Waals surface area contributed by atoms with Gasteiger partial charge in [-0.05, 0) is 42.5 Å². The molecule has 0 bridgehead atoms. The number of hydrogen-bond donors (Lipinski definition) is 1. The minimum absolute atomic E-state index is 0.207. The number of carbonyl (C=O) groups is 1. The van der Waals surface area contributed by atoms with Crippen LogP contribution in [0.1, 0.15) is 31.4 Å². The topological polar surface area (TPSA) is 46.5 Å². The van der Waals surface area contributed by atoms with Gasteiger partial charge in [-0.2, -0.15) is 0 Å². The summed E-state index contributed by atoms with van der Waals surface area (Å²) in [7, 11) is 1.42. The van der Waals surface area contributed by atoms with Gasteiger partial charge in [0.15, 0.2) is 11.6 Å². The van der Waals surface area contributed by atoms with Crippen molar-refractivity contribution in [3.8, 4) is 5.75 Å². The van der Waals surface area contributed by atoms with Gasteiger partial charge in [0.25, 0.3) is 0 Å². The number of rotatable bonds is 6. The molecule has 0 aliphatic rings. The molecule has 0 amide bonds. The third-order valence-corrected chi connectivity index (χ3v) is 3.16. The van der Waals surface area contributed by atoms with E-state index >= 15 is 0 Å². The van der Waals surface area contributed by atoms with Crippen LogP contribution in [0.3, 0.4) is 0 Å². The first-order chi connectivity index (χ1) is 8.53. The molecule has 3 nitrogen and oxygen atoms in total. The van der Waals surface area contributed by atoms with Crippen molar-refractivity contribution >= 4 is 5.97 Å². The number of aryl methyl sites for hydroxylation is 1. The number of hydrogen-bond acceptors (Lipinski definition) is 2. The Balaban J connectivity index is 3.07. The van der Waals surface area contributed by atoms with E-state index in [1.54, 1.807) is 6.07 Å². The second kappa shape index (κ2) is 6.38. The summed E-state index contributed by atoms with van der Waals surface area (Å²) >= 11 is 0. The fourth-order valence-electron chi connectivity index (χ4n) is 1.98. The molecule has 1 unspecified atom stereocenters. The van der Waals surface area contributed by atoms with E-state index in [-0.39, 0.29) is 5.75 Å². The standard InChI is InChI=1S/C14H19FO3/c1-4-9-8-13(18-3)12(15)7-11(9)6-10(5-2)14(16)17/h7-8,10H,4-6H2,1-3H3,(H,16,17). The highest BCUT2D eigenvalue weighted by Gasteiger charge is 2.18. The zero-order chi connectivity index (χ0) is 13.7. The van der Waals surface area contributed by atoms with Crippen molar-refractivity contribution in [2.24, 2.45) is 5.92 Å². The van der Waals surface area contributed by atoms with E-state index in [0.29, 0.717) is 12.8 Å². The van der Waals surface area contributed by atoms with Crippen LogP contribution in [0.5, 0.6) is 5.75 Å². The van der Waals surface area contributed by atoms with E-state index in [0.717, 1.165) is 17.5 Å². The van der Waals surface area contributed by atoms with Gasteiger partial charge in [-0.15, -0.1) is 0 Å². The van der Waals surface area contributed by atoms with Crippen LogP contribution < -0.4 is 4.74 Å². The van der Waals surface area contributed by atoms with E-state index in [4.69, 9.17) is 9.84 Å². The fourth-order valence-corrected chi connectivity index (χ4v) is 1.98. The Labute approximate surface area is 107 Å². The Bertz CT molecular complexity index is 429. The number of ether oxygens (including phenoxy) is 1. The van der Waals surface area contributed by atoms with Crippen molar-refractivity contribution < 1.29 is 19.0 Å². The maximum Gasteiger partial charge on any atom is 0.306 e. The lowest BCUT2D eigenvalue weighted by atomic mass is 9.92. The molecule has 1 aromatic rings. The number of carboxylic acids is 1. The predicted molar refractivity (Wildman–Crippen MR) is 67.5 cm³/mol. The van der Waals surface area contributed by atoms with Gasteiger partial charge in [-0.1, -0.05) is 13.8 Å². The van der Waals surface area contributed by atoms with Crippen LogP contribution in [0.25, 0.3) is 0 Å². The number of aliphatic carboxylic acids is 1. The van der Waals surface area contributed by atoms with E-state index in [2.05, 4.69) is 0 Å². The molecule has 4 heteroatoms. The second-order valence-corrected chi connectivity index (χ2v) is 4.26. The number of methoxy groups -OCH3 is 1. The van der Waals surface area contributed by atoms with Crippen LogP contribution in [0, 0.1) is 11.7 Å². The molecule has 18 heavy (non-hydrogen) atoms. The first-order valence-corrected chi connectivity index (χ1v) is 6.11. The van der Waals surface area contributed by atoms with Crippen molar-refractivity contribution in [3.05, 3.63) is 29.1 Å². The molecule has 1 N–H and O–H groups in total. The van der Waals surface area contributed by atoms with Gasteiger partial charge >= 0.3 is 5.97 Å². The molecule has 0 heterocycles. The summed E-state index contributed by atoms with van der Waals surface area (Å²) in [5.41, 5.74) is 1.69. The largest absolute Gasteiger partial charge is 0.494 e. The van der Waals surface area contributed by atoms with Gasteiger partial charge in [0.05, 0.1) is 13.0 Å². The van der Waals surface area contributed by atoms with Crippen LogP contribution in [0.15, 0.2) is 12.1 Å². The molecule has 1 atom stereocenters. The van der Waals surface area contributed by atoms with Gasteiger partial charge in [0.2, 0.25) is 0 Å². The molecule has 0 spiro atoms. The van der Waals surface area contributed by atoms with Crippen molar-refractivity contribution in [2.75, 3.05) is 7.11 Å². The Morgan fingerprint density at radius 2 is 2.06 bits per heavy atom. The molecule has 0 saturated carbocycles. The zero-order valence-electron chi connectivity index (χ0n) is 11.0. The van der Waals surface area contributed by atoms with Crippen LogP contribution >= 0.6 is 0 Å². The van der Waals surface area contributed by atoms with Gasteiger partial charge in [0.1, 0.15) is 0 Å². The smallest absolute Gasteiger partial charge is 0.306 e. The first kappa shape index (κ1) is 14.5.